The van der Waals surface area contributed by atoms with Crippen LogP contribution in [0.1, 0.15) is 49.2 Å². The maximum atomic E-state index is 13.8. The third-order valence-corrected chi connectivity index (χ3v) is 9.72. The fourth-order valence-corrected chi connectivity index (χ4v) is 7.63. The van der Waals surface area contributed by atoms with Gasteiger partial charge in [0.05, 0.1) is 30.2 Å². The topological polar surface area (TPSA) is 100.0 Å². The number of nitrogens with zero attached hydrogens (tertiary/aromatic N) is 2. The van der Waals surface area contributed by atoms with Gasteiger partial charge in [-0.15, -0.1) is 11.3 Å². The zero-order valence-electron chi connectivity index (χ0n) is 23.8. The number of thiophene rings is 1. The van der Waals surface area contributed by atoms with E-state index >= 15 is 0 Å². The summed E-state index contributed by atoms with van der Waals surface area (Å²) in [6.07, 6.45) is 5.28. The minimum Gasteiger partial charge on any atom is -0.507 e. The molecule has 1 aliphatic carbocycles. The highest BCUT2D eigenvalue weighted by Crippen LogP contribution is 2.52. The molecule has 3 aliphatic rings. The van der Waals surface area contributed by atoms with Crippen LogP contribution in [0.15, 0.2) is 77.3 Å². The second-order valence-electron chi connectivity index (χ2n) is 11.7. The Labute approximate surface area is 250 Å². The number of pyridine rings is 1. The summed E-state index contributed by atoms with van der Waals surface area (Å²) in [6.45, 7) is 4.56. The predicted molar refractivity (Wildman–Crippen MR) is 164 cm³/mol. The number of aromatic nitrogens is 1. The molecule has 9 heteroatoms. The van der Waals surface area contributed by atoms with Crippen molar-refractivity contribution in [1.29, 1.82) is 0 Å². The molecule has 2 aromatic heterocycles. The number of carbonyl (C=O) groups excluding carboxylic acids is 2. The maximum Gasteiger partial charge on any atom is 0.455 e. The van der Waals surface area contributed by atoms with Crippen LogP contribution in [0.25, 0.3) is 11.6 Å². The molecule has 4 heterocycles. The first-order valence-electron chi connectivity index (χ1n) is 14.7. The molecule has 0 unspecified atom stereocenters. The Morgan fingerprint density at radius 2 is 1.93 bits per heavy atom. The van der Waals surface area contributed by atoms with Gasteiger partial charge in [-0.3, -0.25) is 19.5 Å². The molecular weight excluding hydrogens is 547 g/mol. The molecule has 42 heavy (non-hydrogen) atoms. The second kappa shape index (κ2) is 12.0. The molecular formula is C33H35BN2O5S. The fourth-order valence-electron chi connectivity index (χ4n) is 6.94. The van der Waals surface area contributed by atoms with Crippen LogP contribution in [0.5, 0.6) is 5.75 Å². The normalized spacial score (nSPS) is 24.4. The van der Waals surface area contributed by atoms with Gasteiger partial charge in [0.1, 0.15) is 5.75 Å². The highest BCUT2D eigenvalue weighted by molar-refractivity contribution is 7.09. The van der Waals surface area contributed by atoms with E-state index in [0.29, 0.717) is 37.7 Å². The lowest BCUT2D eigenvalue weighted by atomic mass is 9.57. The highest BCUT2D eigenvalue weighted by Gasteiger charge is 2.57. The van der Waals surface area contributed by atoms with Crippen molar-refractivity contribution in [2.24, 2.45) is 23.7 Å². The van der Waals surface area contributed by atoms with Crippen molar-refractivity contribution in [1.82, 2.24) is 9.88 Å². The monoisotopic (exact) mass is 582 g/mol. The van der Waals surface area contributed by atoms with Crippen molar-refractivity contribution in [2.75, 3.05) is 0 Å². The third kappa shape index (κ3) is 5.49. The van der Waals surface area contributed by atoms with E-state index < -0.39 is 25.1 Å². The summed E-state index contributed by atoms with van der Waals surface area (Å²) in [6, 6.07) is 16.8. The summed E-state index contributed by atoms with van der Waals surface area (Å²) in [5.74, 6) is -1.01. The summed E-state index contributed by atoms with van der Waals surface area (Å²) >= 11 is 1.54. The molecule has 2 amide bonds. The van der Waals surface area contributed by atoms with Gasteiger partial charge in [0.2, 0.25) is 11.8 Å². The highest BCUT2D eigenvalue weighted by atomic mass is 32.1. The van der Waals surface area contributed by atoms with Crippen LogP contribution in [0.4, 0.5) is 0 Å². The molecule has 3 aromatic rings. The standard InChI is InChI=1S/C33H35BN2O5S/c1-20(2)24-17-25-31(33(39)36(32(25)38)19-23-9-7-15-42-23)26-18-34(40)41-29(30(24)26)13-12-21(27-10-5-6-14-35-27)16-22-8-3-4-11-28(22)37/h3-11,14-16,20,25-26,29,31,37,40H,12-13,17-19H2,1-2H3/b21-16-/t25-,26+,29-,31-/m1/s1. The molecule has 6 rings (SSSR count). The maximum absolute atomic E-state index is 13.8. The first kappa shape index (κ1) is 28.6. The van der Waals surface area contributed by atoms with Crippen LogP contribution < -0.4 is 0 Å². The number of aromatic hydroxyl groups is 1. The number of amides is 2. The third-order valence-electron chi connectivity index (χ3n) is 8.86. The first-order valence-corrected chi connectivity index (χ1v) is 15.5. The average Bonchev–Trinajstić information content (AvgIpc) is 3.58. The molecule has 2 aliphatic heterocycles. The lowest BCUT2D eigenvalue weighted by molar-refractivity contribution is -0.140. The number of phenols is 1. The Morgan fingerprint density at radius 3 is 2.64 bits per heavy atom. The minimum absolute atomic E-state index is 0.101. The van der Waals surface area contributed by atoms with Crippen LogP contribution in [0.3, 0.4) is 0 Å². The van der Waals surface area contributed by atoms with Crippen molar-refractivity contribution < 1.29 is 24.4 Å². The quantitative estimate of drug-likeness (QED) is 0.197. The summed E-state index contributed by atoms with van der Waals surface area (Å²) < 4.78 is 6.21. The van der Waals surface area contributed by atoms with E-state index in [2.05, 4.69) is 18.8 Å². The Morgan fingerprint density at radius 1 is 1.12 bits per heavy atom. The van der Waals surface area contributed by atoms with Crippen molar-refractivity contribution in [3.8, 4) is 5.75 Å². The predicted octanol–water partition coefficient (Wildman–Crippen LogP) is 5.82. The second-order valence-corrected chi connectivity index (χ2v) is 12.7. The molecule has 2 saturated heterocycles. The number of carbonyl (C=O) groups is 2. The number of benzene rings is 1. The van der Waals surface area contributed by atoms with Gasteiger partial charge in [0, 0.05) is 16.6 Å². The number of fused-ring (bicyclic) bond motifs is 3. The van der Waals surface area contributed by atoms with E-state index in [-0.39, 0.29) is 29.4 Å². The van der Waals surface area contributed by atoms with Gasteiger partial charge in [0.25, 0.3) is 0 Å². The van der Waals surface area contributed by atoms with Gasteiger partial charge < -0.3 is 14.8 Å². The van der Waals surface area contributed by atoms with Gasteiger partial charge in [-0.2, -0.15) is 0 Å². The number of imide groups is 1. The number of para-hydroxylation sites is 1. The Bertz CT molecular complexity index is 1520. The van der Waals surface area contributed by atoms with Gasteiger partial charge >= 0.3 is 7.12 Å². The minimum atomic E-state index is -1.02. The largest absolute Gasteiger partial charge is 0.507 e. The van der Waals surface area contributed by atoms with Crippen LogP contribution >= 0.6 is 11.3 Å². The molecule has 0 saturated carbocycles. The smallest absolute Gasteiger partial charge is 0.455 e. The van der Waals surface area contributed by atoms with Gasteiger partial charge in [0.15, 0.2) is 0 Å². The molecule has 2 fully saturated rings. The van der Waals surface area contributed by atoms with E-state index in [9.17, 15) is 19.7 Å². The van der Waals surface area contributed by atoms with E-state index in [1.54, 1.807) is 29.7 Å². The van der Waals surface area contributed by atoms with Crippen LogP contribution in [0, 0.1) is 23.7 Å². The number of hydrogen-bond acceptors (Lipinski definition) is 7. The average molecular weight is 583 g/mol. The lowest BCUT2D eigenvalue weighted by Gasteiger charge is -2.44. The molecule has 1 aromatic carbocycles. The van der Waals surface area contributed by atoms with Gasteiger partial charge in [-0.1, -0.05) is 49.8 Å². The number of phenolic OH excluding ortho intramolecular Hbond substituents is 1. The molecule has 216 valence electrons. The van der Waals surface area contributed by atoms with Crippen molar-refractivity contribution in [3.63, 3.8) is 0 Å². The van der Waals surface area contributed by atoms with Gasteiger partial charge in [-0.05, 0) is 84.3 Å². The van der Waals surface area contributed by atoms with E-state index in [0.717, 1.165) is 21.7 Å². The van der Waals surface area contributed by atoms with Crippen molar-refractivity contribution in [3.05, 3.63) is 93.5 Å². The molecule has 2 N–H and O–H groups in total. The summed E-state index contributed by atoms with van der Waals surface area (Å²) in [7, 11) is -1.02. The Hall–Kier alpha value is -3.53. The molecule has 0 bridgehead atoms. The van der Waals surface area contributed by atoms with Crippen molar-refractivity contribution in [2.45, 2.75) is 52.1 Å². The molecule has 4 atom stereocenters. The fraction of sp³-hybridized carbons (Fsp3) is 0.364. The van der Waals surface area contributed by atoms with E-state index in [1.807, 2.05) is 53.9 Å². The lowest BCUT2D eigenvalue weighted by Crippen LogP contribution is -2.46. The SMILES string of the molecule is CC(C)C1=C2[C@@H](CC/C(=C/c3ccccc3O)c3ccccn3)OB(O)C[C@@H]2[C@@H]2C(=O)N(Cc3cccs3)C(=O)[C@@H]2C1. The molecule has 0 radical (unpaired) electrons. The number of allylic oxidation sites excluding steroid dienone is 2. The summed E-state index contributed by atoms with van der Waals surface area (Å²) in [4.78, 5) is 34.4. The molecule has 7 nitrogen and oxygen atoms in total. The summed E-state index contributed by atoms with van der Waals surface area (Å²) in [5, 5.41) is 23.3. The Balaban J connectivity index is 1.32. The van der Waals surface area contributed by atoms with E-state index in [4.69, 9.17) is 4.65 Å². The van der Waals surface area contributed by atoms with Crippen LogP contribution in [-0.4, -0.2) is 45.1 Å². The Kier molecular flexibility index (Phi) is 8.16. The van der Waals surface area contributed by atoms with E-state index in [1.165, 1.54) is 10.5 Å². The van der Waals surface area contributed by atoms with Crippen LogP contribution in [-0.2, 0) is 20.8 Å². The molecule has 0 spiro atoms. The van der Waals surface area contributed by atoms with Crippen molar-refractivity contribution >= 4 is 41.9 Å². The number of rotatable bonds is 8. The number of hydrogen-bond donors (Lipinski definition) is 2. The van der Waals surface area contributed by atoms with Crippen LogP contribution in [0.2, 0.25) is 6.32 Å². The zero-order valence-corrected chi connectivity index (χ0v) is 24.7. The summed E-state index contributed by atoms with van der Waals surface area (Å²) in [5.41, 5.74) is 4.69. The first-order chi connectivity index (χ1) is 20.3. The zero-order chi connectivity index (χ0) is 29.4. The van der Waals surface area contributed by atoms with Gasteiger partial charge in [-0.25, -0.2) is 0 Å². The number of likely N-dealkylation sites (tertiary alicyclic amines) is 1.